The topological polar surface area (TPSA) is 64.6 Å². The highest BCUT2D eigenvalue weighted by Gasteiger charge is 2.14. The van der Waals surface area contributed by atoms with Gasteiger partial charge in [-0.1, -0.05) is 30.3 Å². The summed E-state index contributed by atoms with van der Waals surface area (Å²) in [6.07, 6.45) is 0.0956. The van der Waals surface area contributed by atoms with Gasteiger partial charge in [-0.15, -0.1) is 0 Å². The summed E-state index contributed by atoms with van der Waals surface area (Å²) in [5.74, 6) is 2.03. The van der Waals surface area contributed by atoms with Gasteiger partial charge >= 0.3 is 0 Å². The van der Waals surface area contributed by atoms with Gasteiger partial charge in [-0.05, 0) is 67.9 Å². The van der Waals surface area contributed by atoms with Crippen LogP contribution < -0.4 is 14.2 Å². The van der Waals surface area contributed by atoms with Crippen molar-refractivity contribution in [2.24, 2.45) is 0 Å². The van der Waals surface area contributed by atoms with E-state index in [1.165, 1.54) is 12.1 Å². The third-order valence-corrected chi connectivity index (χ3v) is 5.29. The van der Waals surface area contributed by atoms with Gasteiger partial charge in [0.1, 0.15) is 17.2 Å². The second-order valence-electron chi connectivity index (χ2n) is 6.52. The SMILES string of the molecule is CC(C)Oc1ccc(CNS(=O)(=O)c2ccc(Oc3ccccc3)cc2)cc1. The van der Waals surface area contributed by atoms with Crippen LogP contribution in [0.15, 0.2) is 83.8 Å². The first-order valence-electron chi connectivity index (χ1n) is 9.00. The van der Waals surface area contributed by atoms with E-state index in [2.05, 4.69) is 4.72 Å². The van der Waals surface area contributed by atoms with E-state index in [0.29, 0.717) is 11.5 Å². The van der Waals surface area contributed by atoms with Gasteiger partial charge in [0.15, 0.2) is 0 Å². The smallest absolute Gasteiger partial charge is 0.240 e. The summed E-state index contributed by atoms with van der Waals surface area (Å²) < 4.78 is 38.9. The molecule has 0 spiro atoms. The first-order valence-corrected chi connectivity index (χ1v) is 10.5. The summed E-state index contributed by atoms with van der Waals surface area (Å²) in [6.45, 7) is 4.11. The first-order chi connectivity index (χ1) is 13.4. The van der Waals surface area contributed by atoms with Crippen molar-refractivity contribution in [3.63, 3.8) is 0 Å². The van der Waals surface area contributed by atoms with Crippen molar-refractivity contribution in [2.45, 2.75) is 31.4 Å². The van der Waals surface area contributed by atoms with E-state index in [-0.39, 0.29) is 17.5 Å². The molecule has 0 aliphatic rings. The van der Waals surface area contributed by atoms with Crippen molar-refractivity contribution in [1.29, 1.82) is 0 Å². The van der Waals surface area contributed by atoms with E-state index < -0.39 is 10.0 Å². The van der Waals surface area contributed by atoms with Crippen molar-refractivity contribution in [3.8, 4) is 17.2 Å². The Morgan fingerprint density at radius 2 is 1.36 bits per heavy atom. The molecule has 0 aliphatic heterocycles. The van der Waals surface area contributed by atoms with Crippen molar-refractivity contribution in [2.75, 3.05) is 0 Å². The molecule has 3 aromatic rings. The summed E-state index contributed by atoms with van der Waals surface area (Å²) in [5, 5.41) is 0. The predicted molar refractivity (Wildman–Crippen MR) is 109 cm³/mol. The molecule has 146 valence electrons. The van der Waals surface area contributed by atoms with Crippen molar-refractivity contribution in [1.82, 2.24) is 4.72 Å². The zero-order valence-electron chi connectivity index (χ0n) is 15.8. The third kappa shape index (κ3) is 5.58. The van der Waals surface area contributed by atoms with E-state index in [0.717, 1.165) is 11.3 Å². The lowest BCUT2D eigenvalue weighted by molar-refractivity contribution is 0.242. The Hall–Kier alpha value is -2.83. The fourth-order valence-corrected chi connectivity index (χ4v) is 3.55. The van der Waals surface area contributed by atoms with Gasteiger partial charge in [-0.2, -0.15) is 0 Å². The third-order valence-electron chi connectivity index (χ3n) is 3.87. The summed E-state index contributed by atoms with van der Waals surface area (Å²) in [6, 6.07) is 23.0. The Balaban J connectivity index is 1.61. The molecule has 0 aliphatic carbocycles. The van der Waals surface area contributed by atoms with Gasteiger partial charge in [0.05, 0.1) is 11.0 Å². The van der Waals surface area contributed by atoms with Crippen LogP contribution in [0, 0.1) is 0 Å². The van der Waals surface area contributed by atoms with Crippen LogP contribution >= 0.6 is 0 Å². The number of rotatable bonds is 8. The van der Waals surface area contributed by atoms with Gasteiger partial charge in [-0.25, -0.2) is 13.1 Å². The number of para-hydroxylation sites is 1. The van der Waals surface area contributed by atoms with E-state index in [4.69, 9.17) is 9.47 Å². The van der Waals surface area contributed by atoms with Crippen LogP contribution in [-0.4, -0.2) is 14.5 Å². The van der Waals surface area contributed by atoms with E-state index >= 15 is 0 Å². The minimum absolute atomic E-state index is 0.0956. The van der Waals surface area contributed by atoms with E-state index in [9.17, 15) is 8.42 Å². The fourth-order valence-electron chi connectivity index (χ4n) is 2.53. The van der Waals surface area contributed by atoms with Crippen LogP contribution in [0.2, 0.25) is 0 Å². The molecule has 0 radical (unpaired) electrons. The maximum Gasteiger partial charge on any atom is 0.240 e. The van der Waals surface area contributed by atoms with Gasteiger partial charge < -0.3 is 9.47 Å². The molecule has 0 heterocycles. The molecule has 3 aromatic carbocycles. The van der Waals surface area contributed by atoms with Crippen molar-refractivity contribution in [3.05, 3.63) is 84.4 Å². The number of sulfonamides is 1. The lowest BCUT2D eigenvalue weighted by Gasteiger charge is -2.11. The summed E-state index contributed by atoms with van der Waals surface area (Å²) in [5.41, 5.74) is 0.851. The van der Waals surface area contributed by atoms with Gasteiger partial charge in [0, 0.05) is 6.54 Å². The minimum Gasteiger partial charge on any atom is -0.491 e. The largest absolute Gasteiger partial charge is 0.491 e. The van der Waals surface area contributed by atoms with Crippen molar-refractivity contribution < 1.29 is 17.9 Å². The molecule has 0 saturated heterocycles. The normalized spacial score (nSPS) is 11.4. The Bertz CT molecular complexity index is 983. The molecular weight excluding hydrogens is 374 g/mol. The van der Waals surface area contributed by atoms with E-state index in [1.807, 2.05) is 68.4 Å². The molecule has 0 unspecified atom stereocenters. The number of hydrogen-bond acceptors (Lipinski definition) is 4. The van der Waals surface area contributed by atoms with Crippen LogP contribution in [0.3, 0.4) is 0 Å². The number of benzene rings is 3. The standard InChI is InChI=1S/C22H23NO4S/c1-17(2)26-20-10-8-18(9-11-20)16-23-28(24,25)22-14-12-21(13-15-22)27-19-6-4-3-5-7-19/h3-15,17,23H,16H2,1-2H3. The summed E-state index contributed by atoms with van der Waals surface area (Å²) >= 11 is 0. The predicted octanol–water partition coefficient (Wildman–Crippen LogP) is 4.74. The maximum absolute atomic E-state index is 12.5. The van der Waals surface area contributed by atoms with Gasteiger partial charge in [0.2, 0.25) is 10.0 Å². The minimum atomic E-state index is -3.61. The Kier molecular flexibility index (Phi) is 6.34. The molecule has 0 atom stereocenters. The fraction of sp³-hybridized carbons (Fsp3) is 0.182. The highest BCUT2D eigenvalue weighted by Crippen LogP contribution is 2.22. The average Bonchev–Trinajstić information content (AvgIpc) is 2.68. The highest BCUT2D eigenvalue weighted by atomic mass is 32.2. The number of ether oxygens (including phenoxy) is 2. The molecule has 0 saturated carbocycles. The second kappa shape index (κ2) is 8.91. The molecule has 0 amide bonds. The second-order valence-corrected chi connectivity index (χ2v) is 8.29. The van der Waals surface area contributed by atoms with Crippen LogP contribution in [0.1, 0.15) is 19.4 Å². The summed E-state index contributed by atoms with van der Waals surface area (Å²) in [4.78, 5) is 0.188. The Labute approximate surface area is 166 Å². The molecule has 0 fully saturated rings. The van der Waals surface area contributed by atoms with E-state index in [1.54, 1.807) is 12.1 Å². The lowest BCUT2D eigenvalue weighted by Crippen LogP contribution is -2.23. The molecule has 6 heteroatoms. The molecule has 1 N–H and O–H groups in total. The maximum atomic E-state index is 12.5. The molecule has 0 aromatic heterocycles. The van der Waals surface area contributed by atoms with Crippen molar-refractivity contribution >= 4 is 10.0 Å². The average molecular weight is 397 g/mol. The molecule has 5 nitrogen and oxygen atoms in total. The first kappa shape index (κ1) is 19.9. The molecule has 28 heavy (non-hydrogen) atoms. The molecule has 0 bridgehead atoms. The summed E-state index contributed by atoms with van der Waals surface area (Å²) in [7, 11) is -3.61. The van der Waals surface area contributed by atoms with Gasteiger partial charge in [0.25, 0.3) is 0 Å². The zero-order valence-corrected chi connectivity index (χ0v) is 16.6. The molecular formula is C22H23NO4S. The van der Waals surface area contributed by atoms with Crippen LogP contribution in [-0.2, 0) is 16.6 Å². The highest BCUT2D eigenvalue weighted by molar-refractivity contribution is 7.89. The lowest BCUT2D eigenvalue weighted by atomic mass is 10.2. The zero-order chi connectivity index (χ0) is 20.0. The molecule has 3 rings (SSSR count). The number of hydrogen-bond donors (Lipinski definition) is 1. The van der Waals surface area contributed by atoms with Crippen LogP contribution in [0.25, 0.3) is 0 Å². The Morgan fingerprint density at radius 3 is 1.96 bits per heavy atom. The number of nitrogens with one attached hydrogen (secondary N) is 1. The quantitative estimate of drug-likeness (QED) is 0.596. The van der Waals surface area contributed by atoms with Crippen LogP contribution in [0.5, 0.6) is 17.2 Å². The Morgan fingerprint density at radius 1 is 0.786 bits per heavy atom. The monoisotopic (exact) mass is 397 g/mol. The van der Waals surface area contributed by atoms with Gasteiger partial charge in [-0.3, -0.25) is 0 Å². The van der Waals surface area contributed by atoms with Crippen LogP contribution in [0.4, 0.5) is 0 Å².